The Hall–Kier alpha value is -0.870. The molecule has 2 rings (SSSR count). The first-order valence-electron chi connectivity index (χ1n) is 3.84. The van der Waals surface area contributed by atoms with E-state index in [1.165, 1.54) is 15.1 Å². The monoisotopic (exact) mass is 181 g/mol. The zero-order valence-electron chi connectivity index (χ0n) is 7.16. The Kier molecular flexibility index (Phi) is 1.66. The first-order chi connectivity index (χ1) is 5.72. The number of rotatable bonds is 1. The smallest absolute Gasteiger partial charge is 0.121 e. The van der Waals surface area contributed by atoms with Crippen LogP contribution in [-0.2, 0) is 13.6 Å². The first-order valence-corrected chi connectivity index (χ1v) is 4.66. The van der Waals surface area contributed by atoms with Crippen molar-refractivity contribution in [2.24, 2.45) is 12.8 Å². The van der Waals surface area contributed by atoms with Crippen LogP contribution in [0.15, 0.2) is 6.07 Å². The summed E-state index contributed by atoms with van der Waals surface area (Å²) in [6.45, 7) is 2.65. The van der Waals surface area contributed by atoms with E-state index < -0.39 is 0 Å². The van der Waals surface area contributed by atoms with Crippen molar-refractivity contribution in [3.63, 3.8) is 0 Å². The van der Waals surface area contributed by atoms with Gasteiger partial charge in [-0.15, -0.1) is 11.3 Å². The van der Waals surface area contributed by atoms with Crippen LogP contribution in [-0.4, -0.2) is 9.78 Å². The lowest BCUT2D eigenvalue weighted by atomic mass is 10.3. The molecule has 0 aliphatic rings. The summed E-state index contributed by atoms with van der Waals surface area (Å²) in [5.74, 6) is 0. The molecule has 2 aromatic heterocycles. The average Bonchev–Trinajstić information content (AvgIpc) is 2.55. The molecule has 12 heavy (non-hydrogen) atoms. The average molecular weight is 181 g/mol. The second-order valence-electron chi connectivity index (χ2n) is 2.84. The SMILES string of the molecule is Cc1nn(C)c2sc(CN)cc12. The molecule has 0 saturated heterocycles. The highest BCUT2D eigenvalue weighted by molar-refractivity contribution is 7.18. The van der Waals surface area contributed by atoms with E-state index in [9.17, 15) is 0 Å². The molecule has 0 radical (unpaired) electrons. The van der Waals surface area contributed by atoms with Gasteiger partial charge in [0.15, 0.2) is 0 Å². The highest BCUT2D eigenvalue weighted by Crippen LogP contribution is 2.26. The van der Waals surface area contributed by atoms with Gasteiger partial charge in [-0.1, -0.05) is 0 Å². The maximum absolute atomic E-state index is 5.55. The molecule has 2 aromatic rings. The van der Waals surface area contributed by atoms with Crippen LogP contribution in [0.5, 0.6) is 0 Å². The summed E-state index contributed by atoms with van der Waals surface area (Å²) in [5.41, 5.74) is 6.64. The molecule has 0 unspecified atom stereocenters. The number of fused-ring (bicyclic) bond motifs is 1. The standard InChI is InChI=1S/C8H11N3S/c1-5-7-3-6(4-9)12-8(7)11(2)10-5/h3H,4,9H2,1-2H3. The van der Waals surface area contributed by atoms with Crippen molar-refractivity contribution in [2.75, 3.05) is 0 Å². The molecule has 4 heteroatoms. The Bertz CT molecular complexity index is 379. The van der Waals surface area contributed by atoms with Crippen molar-refractivity contribution in [3.05, 3.63) is 16.6 Å². The predicted molar refractivity (Wildman–Crippen MR) is 51.2 cm³/mol. The van der Waals surface area contributed by atoms with Crippen molar-refractivity contribution in [1.82, 2.24) is 9.78 Å². The molecule has 0 spiro atoms. The van der Waals surface area contributed by atoms with Gasteiger partial charge in [0.25, 0.3) is 0 Å². The summed E-state index contributed by atoms with van der Waals surface area (Å²) in [6, 6.07) is 2.13. The number of nitrogens with zero attached hydrogens (tertiary/aromatic N) is 2. The molecular formula is C8H11N3S. The van der Waals surface area contributed by atoms with E-state index in [4.69, 9.17) is 5.73 Å². The maximum atomic E-state index is 5.55. The highest BCUT2D eigenvalue weighted by Gasteiger charge is 2.07. The molecule has 0 saturated carbocycles. The summed E-state index contributed by atoms with van der Waals surface area (Å²) in [5, 5.41) is 5.55. The molecule has 0 amide bonds. The molecule has 0 atom stereocenters. The third-order valence-corrected chi connectivity index (χ3v) is 3.17. The third kappa shape index (κ3) is 0.956. The van der Waals surface area contributed by atoms with E-state index in [-0.39, 0.29) is 0 Å². The van der Waals surface area contributed by atoms with Crippen LogP contribution in [0, 0.1) is 6.92 Å². The van der Waals surface area contributed by atoms with Crippen LogP contribution in [0.1, 0.15) is 10.6 Å². The number of nitrogens with two attached hydrogens (primary N) is 1. The van der Waals surface area contributed by atoms with Crippen LogP contribution in [0.4, 0.5) is 0 Å². The van der Waals surface area contributed by atoms with Gasteiger partial charge in [0, 0.05) is 23.9 Å². The van der Waals surface area contributed by atoms with Crippen molar-refractivity contribution in [1.29, 1.82) is 0 Å². The van der Waals surface area contributed by atoms with Crippen LogP contribution in [0.2, 0.25) is 0 Å². The van der Waals surface area contributed by atoms with Gasteiger partial charge in [0.1, 0.15) is 4.83 Å². The predicted octanol–water partition coefficient (Wildman–Crippen LogP) is 1.40. The number of aryl methyl sites for hydroxylation is 2. The molecule has 0 aliphatic heterocycles. The number of thiophene rings is 1. The quantitative estimate of drug-likeness (QED) is 0.722. The molecule has 0 aliphatic carbocycles. The van der Waals surface area contributed by atoms with Crippen LogP contribution in [0.25, 0.3) is 10.2 Å². The molecule has 2 heterocycles. The van der Waals surface area contributed by atoms with E-state index in [1.54, 1.807) is 11.3 Å². The Balaban J connectivity index is 2.75. The van der Waals surface area contributed by atoms with Crippen LogP contribution >= 0.6 is 11.3 Å². The number of aromatic nitrogens is 2. The fraction of sp³-hybridized carbons (Fsp3) is 0.375. The molecule has 64 valence electrons. The zero-order chi connectivity index (χ0) is 8.72. The summed E-state index contributed by atoms with van der Waals surface area (Å²) in [7, 11) is 1.96. The lowest BCUT2D eigenvalue weighted by molar-refractivity contribution is 0.788. The van der Waals surface area contributed by atoms with Crippen LogP contribution in [0.3, 0.4) is 0 Å². The van der Waals surface area contributed by atoms with Gasteiger partial charge < -0.3 is 5.73 Å². The van der Waals surface area contributed by atoms with E-state index in [1.807, 2.05) is 18.7 Å². The summed E-state index contributed by atoms with van der Waals surface area (Å²) < 4.78 is 1.91. The molecule has 0 bridgehead atoms. The summed E-state index contributed by atoms with van der Waals surface area (Å²) in [6.07, 6.45) is 0. The minimum atomic E-state index is 0.624. The normalized spacial score (nSPS) is 11.2. The fourth-order valence-corrected chi connectivity index (χ4v) is 2.35. The van der Waals surface area contributed by atoms with Gasteiger partial charge in [-0.25, -0.2) is 0 Å². The number of hydrogen-bond acceptors (Lipinski definition) is 3. The van der Waals surface area contributed by atoms with Crippen molar-refractivity contribution < 1.29 is 0 Å². The van der Waals surface area contributed by atoms with E-state index in [2.05, 4.69) is 11.2 Å². The Morgan fingerprint density at radius 1 is 1.67 bits per heavy atom. The summed E-state index contributed by atoms with van der Waals surface area (Å²) in [4.78, 5) is 2.44. The first kappa shape index (κ1) is 7.76. The van der Waals surface area contributed by atoms with Gasteiger partial charge in [-0.2, -0.15) is 5.10 Å². The maximum Gasteiger partial charge on any atom is 0.121 e. The van der Waals surface area contributed by atoms with Gasteiger partial charge in [0.2, 0.25) is 0 Å². The molecule has 2 N–H and O–H groups in total. The van der Waals surface area contributed by atoms with Gasteiger partial charge in [0.05, 0.1) is 5.69 Å². The zero-order valence-corrected chi connectivity index (χ0v) is 7.98. The van der Waals surface area contributed by atoms with Gasteiger partial charge in [-0.3, -0.25) is 4.68 Å². The minimum absolute atomic E-state index is 0.624. The van der Waals surface area contributed by atoms with Crippen LogP contribution < -0.4 is 5.73 Å². The van der Waals surface area contributed by atoms with Crippen molar-refractivity contribution in [2.45, 2.75) is 13.5 Å². The second kappa shape index (κ2) is 2.57. The topological polar surface area (TPSA) is 43.8 Å². The highest BCUT2D eigenvalue weighted by atomic mass is 32.1. The van der Waals surface area contributed by atoms with E-state index in [0.29, 0.717) is 6.54 Å². The second-order valence-corrected chi connectivity index (χ2v) is 3.96. The molecule has 0 aromatic carbocycles. The third-order valence-electron chi connectivity index (χ3n) is 1.95. The van der Waals surface area contributed by atoms with Crippen molar-refractivity contribution >= 4 is 21.6 Å². The van der Waals surface area contributed by atoms with Gasteiger partial charge in [-0.05, 0) is 13.0 Å². The molecular weight excluding hydrogens is 170 g/mol. The lowest BCUT2D eigenvalue weighted by Gasteiger charge is -1.87. The fourth-order valence-electron chi connectivity index (χ4n) is 1.36. The Labute approximate surface area is 74.8 Å². The Morgan fingerprint density at radius 2 is 2.42 bits per heavy atom. The summed E-state index contributed by atoms with van der Waals surface area (Å²) >= 11 is 1.72. The Morgan fingerprint density at radius 3 is 3.00 bits per heavy atom. The molecule has 0 fully saturated rings. The van der Waals surface area contributed by atoms with Crippen molar-refractivity contribution in [3.8, 4) is 0 Å². The number of hydrogen-bond donors (Lipinski definition) is 1. The van der Waals surface area contributed by atoms with E-state index >= 15 is 0 Å². The van der Waals surface area contributed by atoms with Gasteiger partial charge >= 0.3 is 0 Å². The molecule has 3 nitrogen and oxygen atoms in total. The van der Waals surface area contributed by atoms with E-state index in [0.717, 1.165) is 5.69 Å². The largest absolute Gasteiger partial charge is 0.326 e. The minimum Gasteiger partial charge on any atom is -0.326 e. The lowest BCUT2D eigenvalue weighted by Crippen LogP contribution is -1.92.